The molecule has 3 atom stereocenters. The number of hydrogen-bond donors (Lipinski definition) is 2. The minimum Gasteiger partial charge on any atom is -0.396 e. The van der Waals surface area contributed by atoms with E-state index in [1.807, 2.05) is 12.1 Å². The third-order valence-corrected chi connectivity index (χ3v) is 8.69. The van der Waals surface area contributed by atoms with E-state index in [0.29, 0.717) is 13.0 Å². The maximum absolute atomic E-state index is 13.2. The molecular weight excluding hydrogens is 414 g/mol. The summed E-state index contributed by atoms with van der Waals surface area (Å²) in [5, 5.41) is 18.1. The number of aromatic nitrogens is 2. The highest BCUT2D eigenvalue weighted by Crippen LogP contribution is 2.60. The molecular formula is C27H23N3O3. The van der Waals surface area contributed by atoms with Crippen LogP contribution in [-0.2, 0) is 17.0 Å². The molecule has 5 heterocycles. The third kappa shape index (κ3) is 1.76. The van der Waals surface area contributed by atoms with Gasteiger partial charge in [0.2, 0.25) is 0 Å². The van der Waals surface area contributed by atoms with Crippen molar-refractivity contribution in [3.63, 3.8) is 0 Å². The van der Waals surface area contributed by atoms with Crippen molar-refractivity contribution in [2.75, 3.05) is 6.61 Å². The van der Waals surface area contributed by atoms with Crippen LogP contribution in [0.1, 0.15) is 42.4 Å². The van der Waals surface area contributed by atoms with Crippen molar-refractivity contribution in [1.82, 2.24) is 14.5 Å². The molecule has 0 aliphatic carbocycles. The van der Waals surface area contributed by atoms with Crippen LogP contribution in [0, 0.1) is 5.41 Å². The van der Waals surface area contributed by atoms with Gasteiger partial charge in [-0.25, -0.2) is 0 Å². The number of carbonyl (C=O) groups is 1. The molecule has 0 radical (unpaired) electrons. The molecule has 1 amide bonds. The van der Waals surface area contributed by atoms with Crippen LogP contribution in [0.2, 0.25) is 0 Å². The van der Waals surface area contributed by atoms with Crippen LogP contribution < -0.4 is 5.32 Å². The summed E-state index contributed by atoms with van der Waals surface area (Å²) in [7, 11) is 0. The lowest BCUT2D eigenvalue weighted by molar-refractivity contribution is -0.149. The smallest absolute Gasteiger partial charge is 0.252 e. The molecule has 6 heteroatoms. The van der Waals surface area contributed by atoms with Crippen LogP contribution in [0.3, 0.4) is 0 Å². The number of fused-ring (bicyclic) bond motifs is 13. The number of nitrogens with one attached hydrogen (secondary N) is 1. The van der Waals surface area contributed by atoms with Crippen molar-refractivity contribution in [3.05, 3.63) is 59.7 Å². The normalized spacial score (nSPS) is 27.8. The predicted octanol–water partition coefficient (Wildman–Crippen LogP) is 4.75. The summed E-state index contributed by atoms with van der Waals surface area (Å²) in [5.74, 6) is -0.00614. The molecule has 3 aromatic carbocycles. The molecule has 2 N–H and O–H groups in total. The fraction of sp³-hybridized carbons (Fsp3) is 0.296. The van der Waals surface area contributed by atoms with Crippen molar-refractivity contribution in [2.24, 2.45) is 5.41 Å². The van der Waals surface area contributed by atoms with E-state index < -0.39 is 11.1 Å². The van der Waals surface area contributed by atoms with E-state index in [2.05, 4.69) is 64.7 Å². The molecule has 5 aromatic rings. The second-order valence-corrected chi connectivity index (χ2v) is 10.2. The molecule has 0 spiro atoms. The Labute approximate surface area is 189 Å². The van der Waals surface area contributed by atoms with Crippen molar-refractivity contribution >= 4 is 49.5 Å². The topological polar surface area (TPSA) is 68.4 Å². The Kier molecular flexibility index (Phi) is 2.97. The Morgan fingerprint density at radius 2 is 1.73 bits per heavy atom. The number of benzene rings is 3. The predicted molar refractivity (Wildman–Crippen MR) is 127 cm³/mol. The molecule has 33 heavy (non-hydrogen) atoms. The lowest BCUT2D eigenvalue weighted by Crippen LogP contribution is -2.45. The minimum absolute atomic E-state index is 0.00614. The molecule has 3 unspecified atom stereocenters. The van der Waals surface area contributed by atoms with Gasteiger partial charge < -0.3 is 24.3 Å². The van der Waals surface area contributed by atoms with E-state index >= 15 is 0 Å². The lowest BCUT2D eigenvalue weighted by Gasteiger charge is -2.40. The summed E-state index contributed by atoms with van der Waals surface area (Å²) in [6, 6.07) is 16.7. The van der Waals surface area contributed by atoms with Crippen LogP contribution in [0.25, 0.3) is 43.6 Å². The average Bonchev–Trinajstić information content (AvgIpc) is 3.51. The van der Waals surface area contributed by atoms with E-state index in [9.17, 15) is 9.90 Å². The maximum atomic E-state index is 13.2. The van der Waals surface area contributed by atoms with Crippen molar-refractivity contribution in [2.45, 2.75) is 38.8 Å². The van der Waals surface area contributed by atoms with E-state index in [1.54, 1.807) is 0 Å². The van der Waals surface area contributed by atoms with Gasteiger partial charge >= 0.3 is 0 Å². The highest BCUT2D eigenvalue weighted by Gasteiger charge is 2.58. The fourth-order valence-electron chi connectivity index (χ4n) is 6.92. The molecule has 2 aromatic heterocycles. The molecule has 2 bridgehead atoms. The quantitative estimate of drug-likeness (QED) is 0.398. The first-order chi connectivity index (χ1) is 16.0. The molecule has 6 nitrogen and oxygen atoms in total. The summed E-state index contributed by atoms with van der Waals surface area (Å²) in [6.45, 7) is 4.79. The van der Waals surface area contributed by atoms with E-state index in [4.69, 9.17) is 4.74 Å². The number of hydrogen-bond acceptors (Lipinski definition) is 3. The van der Waals surface area contributed by atoms with Crippen LogP contribution in [0.5, 0.6) is 0 Å². The highest BCUT2D eigenvalue weighted by molar-refractivity contribution is 6.31. The SMILES string of the molecule is CC1(CO)CC2OC1(C)n1c3ccccc3c3c4c(c5c6ccccc6n2c5c31)C(=O)NC4. The number of para-hydroxylation sites is 2. The fourth-order valence-corrected chi connectivity index (χ4v) is 6.92. The first kappa shape index (κ1) is 18.1. The van der Waals surface area contributed by atoms with Gasteiger partial charge in [-0.05, 0) is 24.6 Å². The summed E-state index contributed by atoms with van der Waals surface area (Å²) >= 11 is 0. The minimum atomic E-state index is -0.745. The molecule has 164 valence electrons. The third-order valence-electron chi connectivity index (χ3n) is 8.69. The van der Waals surface area contributed by atoms with Gasteiger partial charge in [-0.15, -0.1) is 0 Å². The summed E-state index contributed by atoms with van der Waals surface area (Å²) < 4.78 is 11.5. The number of aliphatic hydroxyl groups excluding tert-OH is 1. The maximum Gasteiger partial charge on any atom is 0.252 e. The Morgan fingerprint density at radius 1 is 1.03 bits per heavy atom. The first-order valence-electron chi connectivity index (χ1n) is 11.6. The molecule has 8 rings (SSSR count). The molecule has 1 fully saturated rings. The van der Waals surface area contributed by atoms with E-state index in [1.165, 1.54) is 0 Å². The molecule has 3 aliphatic rings. The molecule has 3 aliphatic heterocycles. The van der Waals surface area contributed by atoms with Gasteiger partial charge in [0.05, 0.1) is 34.2 Å². The van der Waals surface area contributed by atoms with Crippen molar-refractivity contribution in [3.8, 4) is 0 Å². The molecule has 1 saturated heterocycles. The largest absolute Gasteiger partial charge is 0.396 e. The average molecular weight is 437 g/mol. The number of amides is 1. The number of ether oxygens (including phenoxy) is 1. The van der Waals surface area contributed by atoms with Gasteiger partial charge in [-0.1, -0.05) is 43.3 Å². The van der Waals surface area contributed by atoms with Gasteiger partial charge in [-0.3, -0.25) is 4.79 Å². The van der Waals surface area contributed by atoms with Gasteiger partial charge in [0.25, 0.3) is 5.91 Å². The Morgan fingerprint density at radius 3 is 2.48 bits per heavy atom. The Bertz CT molecular complexity index is 1730. The Hall–Kier alpha value is -3.35. The lowest BCUT2D eigenvalue weighted by atomic mass is 9.78. The van der Waals surface area contributed by atoms with Crippen LogP contribution >= 0.6 is 0 Å². The van der Waals surface area contributed by atoms with Crippen molar-refractivity contribution < 1.29 is 14.6 Å². The summed E-state index contributed by atoms with van der Waals surface area (Å²) in [4.78, 5) is 13.2. The number of nitrogens with zero attached hydrogens (tertiary/aromatic N) is 2. The van der Waals surface area contributed by atoms with Crippen LogP contribution in [-0.4, -0.2) is 26.8 Å². The van der Waals surface area contributed by atoms with Gasteiger partial charge in [0.1, 0.15) is 6.23 Å². The van der Waals surface area contributed by atoms with Crippen LogP contribution in [0.15, 0.2) is 48.5 Å². The summed E-state index contributed by atoms with van der Waals surface area (Å²) in [5.41, 5.74) is 4.93. The van der Waals surface area contributed by atoms with Gasteiger partial charge in [-0.2, -0.15) is 0 Å². The number of carbonyl (C=O) groups excluding carboxylic acids is 1. The zero-order valence-electron chi connectivity index (χ0n) is 18.5. The van der Waals surface area contributed by atoms with Crippen molar-refractivity contribution in [1.29, 1.82) is 0 Å². The number of rotatable bonds is 1. The highest BCUT2D eigenvalue weighted by atomic mass is 16.5. The zero-order chi connectivity index (χ0) is 22.3. The monoisotopic (exact) mass is 437 g/mol. The van der Waals surface area contributed by atoms with Gasteiger partial charge in [0.15, 0.2) is 5.72 Å². The Balaban J connectivity index is 1.78. The summed E-state index contributed by atoms with van der Waals surface area (Å²) in [6.07, 6.45) is 0.448. The molecule has 0 saturated carbocycles. The van der Waals surface area contributed by atoms with Crippen LogP contribution in [0.4, 0.5) is 0 Å². The second-order valence-electron chi connectivity index (χ2n) is 10.2. The first-order valence-corrected chi connectivity index (χ1v) is 11.6. The zero-order valence-corrected chi connectivity index (χ0v) is 18.5. The number of aliphatic hydroxyl groups is 1. The second kappa shape index (κ2) is 5.41. The standard InChI is InChI=1S/C27H23N3O3/c1-26(13-31)11-19-29-17-9-5-3-7-14(17)21-22-16(12-28-25(22)32)20-15-8-4-6-10-18(15)30(24(20)23(21)29)27(26,2)33-19/h3-10,19,31H,11-13H2,1-2H3,(H,28,32). The van der Waals surface area contributed by atoms with E-state index in [0.717, 1.165) is 54.7 Å². The van der Waals surface area contributed by atoms with Gasteiger partial charge in [0, 0.05) is 39.9 Å². The van der Waals surface area contributed by atoms with E-state index in [-0.39, 0.29) is 18.7 Å².